The third-order valence-corrected chi connectivity index (χ3v) is 3.18. The number of alkyl halides is 3. The highest BCUT2D eigenvalue weighted by Crippen LogP contribution is 2.34. The van der Waals surface area contributed by atoms with E-state index in [9.17, 15) is 18.0 Å². The third-order valence-electron chi connectivity index (χ3n) is 3.18. The minimum absolute atomic E-state index is 0.114. The Labute approximate surface area is 133 Å². The van der Waals surface area contributed by atoms with Crippen LogP contribution in [-0.4, -0.2) is 11.9 Å². The summed E-state index contributed by atoms with van der Waals surface area (Å²) < 4.78 is 39.7. The summed E-state index contributed by atoms with van der Waals surface area (Å²) in [5.74, 6) is -1.38. The number of nitrogens with two attached hydrogens (primary N) is 2. The summed E-state index contributed by atoms with van der Waals surface area (Å²) in [5, 5.41) is 0. The molecule has 0 bridgehead atoms. The maximum atomic E-state index is 13.2. The lowest BCUT2D eigenvalue weighted by Gasteiger charge is -2.15. The first-order valence-corrected chi connectivity index (χ1v) is 7.16. The van der Waals surface area contributed by atoms with Crippen LogP contribution in [0, 0.1) is 6.92 Å². The fourth-order valence-corrected chi connectivity index (χ4v) is 2.10. The lowest BCUT2D eigenvalue weighted by atomic mass is 9.96. The number of nitrogens with zero attached hydrogens (tertiary/aromatic N) is 1. The van der Waals surface area contributed by atoms with E-state index in [1.165, 1.54) is 6.07 Å². The molecule has 1 amide bonds. The van der Waals surface area contributed by atoms with Gasteiger partial charge in [0, 0.05) is 5.56 Å². The quantitative estimate of drug-likeness (QED) is 0.494. The monoisotopic (exact) mass is 327 g/mol. The van der Waals surface area contributed by atoms with E-state index in [0.29, 0.717) is 5.56 Å². The maximum Gasteiger partial charge on any atom is 0.416 e. The smallest absolute Gasteiger partial charge is 0.370 e. The highest BCUT2D eigenvalue weighted by Gasteiger charge is 2.34. The molecule has 7 heteroatoms. The van der Waals surface area contributed by atoms with Gasteiger partial charge in [-0.05, 0) is 37.0 Å². The van der Waals surface area contributed by atoms with E-state index in [4.69, 9.17) is 11.5 Å². The number of hydrogen-bond acceptors (Lipinski definition) is 1. The van der Waals surface area contributed by atoms with Crippen LogP contribution >= 0.6 is 0 Å². The second-order valence-corrected chi connectivity index (χ2v) is 5.13. The fraction of sp³-hybridized carbons (Fsp3) is 0.375. The zero-order valence-corrected chi connectivity index (χ0v) is 13.1. The van der Waals surface area contributed by atoms with Gasteiger partial charge in [-0.2, -0.15) is 18.2 Å². The van der Waals surface area contributed by atoms with E-state index in [1.54, 1.807) is 13.0 Å². The molecule has 0 fully saturated rings. The third kappa shape index (κ3) is 5.43. The van der Waals surface area contributed by atoms with Gasteiger partial charge >= 0.3 is 6.18 Å². The van der Waals surface area contributed by atoms with E-state index in [-0.39, 0.29) is 17.5 Å². The highest BCUT2D eigenvalue weighted by atomic mass is 19.4. The zero-order chi connectivity index (χ0) is 17.6. The lowest BCUT2D eigenvalue weighted by molar-refractivity contribution is -0.138. The van der Waals surface area contributed by atoms with E-state index in [2.05, 4.69) is 4.99 Å². The summed E-state index contributed by atoms with van der Waals surface area (Å²) in [6, 6.07) is 2.17. The van der Waals surface area contributed by atoms with Gasteiger partial charge in [0.25, 0.3) is 5.91 Å². The Bertz CT molecular complexity index is 630. The predicted octanol–water partition coefficient (Wildman–Crippen LogP) is 3.33. The molecule has 1 rings (SSSR count). The van der Waals surface area contributed by atoms with Gasteiger partial charge in [0.05, 0.1) is 5.56 Å². The molecule has 0 aliphatic carbocycles. The Balaban J connectivity index is 3.30. The number of guanidine groups is 1. The Morgan fingerprint density at radius 2 is 1.91 bits per heavy atom. The van der Waals surface area contributed by atoms with Crippen molar-refractivity contribution < 1.29 is 18.0 Å². The summed E-state index contributed by atoms with van der Waals surface area (Å²) in [6.45, 7) is 3.54. The van der Waals surface area contributed by atoms with Gasteiger partial charge in [0.2, 0.25) is 0 Å². The summed E-state index contributed by atoms with van der Waals surface area (Å²) in [6.07, 6.45) is 0.856. The molecule has 4 nitrogen and oxygen atoms in total. The first-order chi connectivity index (χ1) is 10.7. The molecule has 0 aliphatic rings. The van der Waals surface area contributed by atoms with Gasteiger partial charge in [0.1, 0.15) is 0 Å². The summed E-state index contributed by atoms with van der Waals surface area (Å²) >= 11 is 0. The van der Waals surface area contributed by atoms with Crippen molar-refractivity contribution >= 4 is 11.9 Å². The van der Waals surface area contributed by atoms with Gasteiger partial charge in [-0.25, -0.2) is 0 Å². The molecule has 0 radical (unpaired) electrons. The van der Waals surface area contributed by atoms with Crippen LogP contribution in [0.2, 0.25) is 0 Å². The number of allylic oxidation sites excluding steroid dienone is 2. The molecule has 0 spiro atoms. The number of carbonyl (C=O) groups excluding carboxylic acids is 1. The predicted molar refractivity (Wildman–Crippen MR) is 84.1 cm³/mol. The number of unbranched alkanes of at least 4 members (excludes halogenated alkanes) is 1. The zero-order valence-electron chi connectivity index (χ0n) is 13.1. The summed E-state index contributed by atoms with van der Waals surface area (Å²) in [5.41, 5.74) is 9.71. The first-order valence-electron chi connectivity index (χ1n) is 7.16. The van der Waals surface area contributed by atoms with Gasteiger partial charge < -0.3 is 11.5 Å². The summed E-state index contributed by atoms with van der Waals surface area (Å²) in [4.78, 5) is 15.1. The SMILES string of the molecule is CCCC=CCc1cc(C)c(C(=O)N=C(N)N)cc1C(F)(F)F. The standard InChI is InChI=1S/C16H20F3N3O/c1-3-4-5-6-7-11-8-10(2)12(14(23)22-15(20)21)9-13(11)16(17,18)19/h5-6,8-9H,3-4,7H2,1-2H3,(H4,20,21,22,23). The molecule has 4 N–H and O–H groups in total. The molecule has 0 saturated carbocycles. The number of aryl methyl sites for hydroxylation is 1. The van der Waals surface area contributed by atoms with Crippen LogP contribution in [0.25, 0.3) is 0 Å². The number of hydrogen-bond donors (Lipinski definition) is 2. The molecule has 0 unspecified atom stereocenters. The molecular formula is C16H20F3N3O. The van der Waals surface area contributed by atoms with Crippen LogP contribution in [0.4, 0.5) is 13.2 Å². The Morgan fingerprint density at radius 1 is 1.26 bits per heavy atom. The maximum absolute atomic E-state index is 13.2. The van der Waals surface area contributed by atoms with Crippen molar-refractivity contribution in [2.45, 2.75) is 39.3 Å². The molecule has 1 aromatic rings. The van der Waals surface area contributed by atoms with Crippen molar-refractivity contribution in [1.29, 1.82) is 0 Å². The first kappa shape index (κ1) is 18.7. The van der Waals surface area contributed by atoms with Crippen LogP contribution in [-0.2, 0) is 12.6 Å². The van der Waals surface area contributed by atoms with Crippen molar-refractivity contribution in [3.05, 3.63) is 46.5 Å². The van der Waals surface area contributed by atoms with Crippen molar-refractivity contribution in [3.8, 4) is 0 Å². The van der Waals surface area contributed by atoms with Gasteiger partial charge in [-0.15, -0.1) is 0 Å². The number of aliphatic imine (C=N–C) groups is 1. The van der Waals surface area contributed by atoms with Crippen molar-refractivity contribution in [2.75, 3.05) is 0 Å². The van der Waals surface area contributed by atoms with E-state index in [1.807, 2.05) is 13.0 Å². The topological polar surface area (TPSA) is 81.5 Å². The summed E-state index contributed by atoms with van der Waals surface area (Å²) in [7, 11) is 0. The van der Waals surface area contributed by atoms with Crippen LogP contribution in [0.3, 0.4) is 0 Å². The molecule has 23 heavy (non-hydrogen) atoms. The number of rotatable bonds is 5. The molecule has 0 aliphatic heterocycles. The Morgan fingerprint density at radius 3 is 2.43 bits per heavy atom. The molecule has 0 aromatic heterocycles. The lowest BCUT2D eigenvalue weighted by Crippen LogP contribution is -2.24. The average molecular weight is 327 g/mol. The largest absolute Gasteiger partial charge is 0.416 e. The van der Waals surface area contributed by atoms with E-state index >= 15 is 0 Å². The van der Waals surface area contributed by atoms with Crippen LogP contribution in [0.1, 0.15) is 46.8 Å². The fourth-order valence-electron chi connectivity index (χ4n) is 2.10. The number of carbonyl (C=O) groups is 1. The van der Waals surface area contributed by atoms with E-state index < -0.39 is 23.6 Å². The number of amides is 1. The molecule has 0 saturated heterocycles. The van der Waals surface area contributed by atoms with Gasteiger partial charge in [0.15, 0.2) is 5.96 Å². The average Bonchev–Trinajstić information content (AvgIpc) is 2.41. The van der Waals surface area contributed by atoms with Crippen LogP contribution in [0.5, 0.6) is 0 Å². The van der Waals surface area contributed by atoms with Crippen molar-refractivity contribution in [1.82, 2.24) is 0 Å². The second-order valence-electron chi connectivity index (χ2n) is 5.13. The molecule has 126 valence electrons. The number of halogens is 3. The second kappa shape index (κ2) is 7.80. The molecule has 0 heterocycles. The van der Waals surface area contributed by atoms with Crippen molar-refractivity contribution in [2.24, 2.45) is 16.5 Å². The van der Waals surface area contributed by atoms with Crippen molar-refractivity contribution in [3.63, 3.8) is 0 Å². The molecule has 1 aromatic carbocycles. The molecule has 0 atom stereocenters. The van der Waals surface area contributed by atoms with Gasteiger partial charge in [-0.3, -0.25) is 4.79 Å². The van der Waals surface area contributed by atoms with Crippen LogP contribution in [0.15, 0.2) is 29.3 Å². The Hall–Kier alpha value is -2.31. The normalized spacial score (nSPS) is 11.7. The number of benzene rings is 1. The minimum atomic E-state index is -4.56. The Kier molecular flexibility index (Phi) is 6.36. The van der Waals surface area contributed by atoms with E-state index in [0.717, 1.165) is 18.9 Å². The van der Waals surface area contributed by atoms with Gasteiger partial charge in [-0.1, -0.05) is 31.6 Å². The minimum Gasteiger partial charge on any atom is -0.370 e. The van der Waals surface area contributed by atoms with Crippen LogP contribution < -0.4 is 11.5 Å². The molecular weight excluding hydrogens is 307 g/mol. The highest BCUT2D eigenvalue weighted by molar-refractivity contribution is 6.03.